The van der Waals surface area contributed by atoms with Crippen molar-refractivity contribution < 1.29 is 5.11 Å². The second-order valence-corrected chi connectivity index (χ2v) is 6.16. The minimum absolute atomic E-state index is 0.351. The zero-order valence-corrected chi connectivity index (χ0v) is 13.5. The van der Waals surface area contributed by atoms with Crippen LogP contribution in [0.4, 0.5) is 0 Å². The lowest BCUT2D eigenvalue weighted by Crippen LogP contribution is -2.45. The normalized spacial score (nSPS) is 20.6. The van der Waals surface area contributed by atoms with Crippen LogP contribution in [0.1, 0.15) is 57.6 Å². The lowest BCUT2D eigenvalue weighted by molar-refractivity contribution is 0.161. The Morgan fingerprint density at radius 3 is 2.57 bits per heavy atom. The van der Waals surface area contributed by atoms with Crippen LogP contribution >= 0.6 is 0 Å². The highest BCUT2D eigenvalue weighted by Crippen LogP contribution is 2.27. The van der Waals surface area contributed by atoms with Crippen molar-refractivity contribution in [1.82, 2.24) is 10.2 Å². The van der Waals surface area contributed by atoms with Gasteiger partial charge in [0, 0.05) is 18.6 Å². The van der Waals surface area contributed by atoms with Gasteiger partial charge in [0.25, 0.3) is 0 Å². The highest BCUT2D eigenvalue weighted by Gasteiger charge is 2.22. The number of piperidine rings is 1. The molecule has 0 aromatic heterocycles. The summed E-state index contributed by atoms with van der Waals surface area (Å²) in [5.74, 6) is 0.351. The van der Waals surface area contributed by atoms with Crippen molar-refractivity contribution >= 4 is 0 Å². The Bertz CT molecular complexity index is 398. The van der Waals surface area contributed by atoms with Crippen LogP contribution in [0.15, 0.2) is 24.3 Å². The van der Waals surface area contributed by atoms with Gasteiger partial charge in [-0.2, -0.15) is 0 Å². The summed E-state index contributed by atoms with van der Waals surface area (Å²) in [7, 11) is 0. The van der Waals surface area contributed by atoms with E-state index in [1.165, 1.54) is 37.8 Å². The maximum absolute atomic E-state index is 9.49. The Hall–Kier alpha value is -1.06. The summed E-state index contributed by atoms with van der Waals surface area (Å²) in [4.78, 5) is 2.62. The number of benzene rings is 1. The van der Waals surface area contributed by atoms with Gasteiger partial charge >= 0.3 is 0 Å². The van der Waals surface area contributed by atoms with Crippen molar-refractivity contribution in [1.29, 1.82) is 0 Å². The van der Waals surface area contributed by atoms with Crippen molar-refractivity contribution in [3.63, 3.8) is 0 Å². The van der Waals surface area contributed by atoms with E-state index in [4.69, 9.17) is 0 Å². The van der Waals surface area contributed by atoms with Gasteiger partial charge in [-0.25, -0.2) is 0 Å². The van der Waals surface area contributed by atoms with E-state index < -0.39 is 0 Å². The van der Waals surface area contributed by atoms with Gasteiger partial charge in [-0.1, -0.05) is 32.4 Å². The van der Waals surface area contributed by atoms with E-state index in [1.807, 2.05) is 0 Å². The molecular formula is C18H30N2O. The minimum Gasteiger partial charge on any atom is -0.508 e. The van der Waals surface area contributed by atoms with Gasteiger partial charge in [0.1, 0.15) is 5.75 Å². The molecule has 1 fully saturated rings. The van der Waals surface area contributed by atoms with Crippen LogP contribution in [-0.4, -0.2) is 35.7 Å². The number of nitrogens with zero attached hydrogens (tertiary/aromatic N) is 1. The number of nitrogens with one attached hydrogen (secondary N) is 1. The summed E-state index contributed by atoms with van der Waals surface area (Å²) < 4.78 is 0. The molecule has 1 aromatic rings. The van der Waals surface area contributed by atoms with E-state index in [-0.39, 0.29) is 0 Å². The van der Waals surface area contributed by atoms with E-state index in [0.29, 0.717) is 17.8 Å². The molecule has 0 amide bonds. The molecule has 2 atom stereocenters. The summed E-state index contributed by atoms with van der Waals surface area (Å²) in [6.07, 6.45) is 6.26. The molecule has 21 heavy (non-hydrogen) atoms. The number of aromatic hydroxyl groups is 1. The fourth-order valence-corrected chi connectivity index (χ4v) is 3.43. The second-order valence-electron chi connectivity index (χ2n) is 6.16. The van der Waals surface area contributed by atoms with Crippen molar-refractivity contribution in [3.05, 3.63) is 29.8 Å². The molecule has 1 aromatic carbocycles. The molecule has 1 heterocycles. The molecule has 2 rings (SSSR count). The molecule has 1 aliphatic rings. The molecular weight excluding hydrogens is 260 g/mol. The maximum Gasteiger partial charge on any atom is 0.115 e. The molecule has 118 valence electrons. The van der Waals surface area contributed by atoms with Crippen molar-refractivity contribution in [2.45, 2.75) is 58.0 Å². The molecule has 0 aliphatic carbocycles. The quantitative estimate of drug-likeness (QED) is 0.804. The summed E-state index contributed by atoms with van der Waals surface area (Å²) in [6, 6.07) is 8.84. The lowest BCUT2D eigenvalue weighted by atomic mass is 9.99. The second kappa shape index (κ2) is 8.40. The van der Waals surface area contributed by atoms with Crippen LogP contribution in [0, 0.1) is 0 Å². The fraction of sp³-hybridized carbons (Fsp3) is 0.667. The fourth-order valence-electron chi connectivity index (χ4n) is 3.43. The minimum atomic E-state index is 0.351. The molecule has 0 radical (unpaired) electrons. The molecule has 0 spiro atoms. The number of hydrogen-bond acceptors (Lipinski definition) is 3. The summed E-state index contributed by atoms with van der Waals surface area (Å²) in [6.45, 7) is 7.95. The monoisotopic (exact) mass is 290 g/mol. The third-order valence-corrected chi connectivity index (χ3v) is 4.48. The predicted octanol–water partition coefficient (Wildman–Crippen LogP) is 3.70. The smallest absolute Gasteiger partial charge is 0.115 e. The maximum atomic E-state index is 9.49. The third kappa shape index (κ3) is 4.72. The largest absolute Gasteiger partial charge is 0.508 e. The number of phenolic OH excluding ortho intramolecular Hbond substituents is 1. The number of rotatable bonds is 7. The molecule has 3 heteroatoms. The van der Waals surface area contributed by atoms with Crippen LogP contribution in [0.3, 0.4) is 0 Å². The standard InChI is InChI=1S/C18H30N2O/c1-3-13-20(14-16-7-5-6-12-19-16)18(4-2)15-8-10-17(21)11-9-15/h8-11,16,18-19,21H,3-7,12-14H2,1-2H3. The van der Waals surface area contributed by atoms with Gasteiger partial charge in [0.05, 0.1) is 0 Å². The first-order valence-electron chi connectivity index (χ1n) is 8.51. The van der Waals surface area contributed by atoms with E-state index in [2.05, 4.69) is 36.2 Å². The number of phenols is 1. The SMILES string of the molecule is CCCN(CC1CCCCN1)C(CC)c1ccc(O)cc1. The average molecular weight is 290 g/mol. The zero-order chi connectivity index (χ0) is 15.1. The van der Waals surface area contributed by atoms with Crippen molar-refractivity contribution in [3.8, 4) is 5.75 Å². The average Bonchev–Trinajstić information content (AvgIpc) is 2.51. The Morgan fingerprint density at radius 2 is 2.00 bits per heavy atom. The molecule has 2 unspecified atom stereocenters. The Balaban J connectivity index is 2.07. The van der Waals surface area contributed by atoms with Gasteiger partial charge in [-0.15, -0.1) is 0 Å². The van der Waals surface area contributed by atoms with E-state index in [9.17, 15) is 5.11 Å². The molecule has 1 saturated heterocycles. The van der Waals surface area contributed by atoms with Crippen LogP contribution < -0.4 is 5.32 Å². The van der Waals surface area contributed by atoms with Gasteiger partial charge < -0.3 is 10.4 Å². The van der Waals surface area contributed by atoms with E-state index in [1.54, 1.807) is 12.1 Å². The van der Waals surface area contributed by atoms with Gasteiger partial charge in [-0.05, 0) is 56.5 Å². The first-order chi connectivity index (χ1) is 10.2. The van der Waals surface area contributed by atoms with E-state index in [0.717, 1.165) is 19.5 Å². The van der Waals surface area contributed by atoms with Crippen LogP contribution in [0.25, 0.3) is 0 Å². The van der Waals surface area contributed by atoms with Gasteiger partial charge in [0.15, 0.2) is 0 Å². The van der Waals surface area contributed by atoms with E-state index >= 15 is 0 Å². The summed E-state index contributed by atoms with van der Waals surface area (Å²) >= 11 is 0. The van der Waals surface area contributed by atoms with Crippen molar-refractivity contribution in [2.24, 2.45) is 0 Å². The lowest BCUT2D eigenvalue weighted by Gasteiger charge is -2.36. The first-order valence-corrected chi connectivity index (χ1v) is 8.51. The topological polar surface area (TPSA) is 35.5 Å². The van der Waals surface area contributed by atoms with Crippen LogP contribution in [0.5, 0.6) is 5.75 Å². The Morgan fingerprint density at radius 1 is 1.24 bits per heavy atom. The summed E-state index contributed by atoms with van der Waals surface area (Å²) in [5, 5.41) is 13.2. The predicted molar refractivity (Wildman–Crippen MR) is 88.6 cm³/mol. The zero-order valence-electron chi connectivity index (χ0n) is 13.5. The van der Waals surface area contributed by atoms with Crippen molar-refractivity contribution in [2.75, 3.05) is 19.6 Å². The molecule has 3 nitrogen and oxygen atoms in total. The molecule has 0 saturated carbocycles. The first kappa shape index (κ1) is 16.3. The van der Waals surface area contributed by atoms with Crippen LogP contribution in [0.2, 0.25) is 0 Å². The molecule has 2 N–H and O–H groups in total. The Labute approximate surface area is 129 Å². The van der Waals surface area contributed by atoms with Gasteiger partial charge in [0.2, 0.25) is 0 Å². The molecule has 0 bridgehead atoms. The third-order valence-electron chi connectivity index (χ3n) is 4.48. The molecule has 1 aliphatic heterocycles. The highest BCUT2D eigenvalue weighted by atomic mass is 16.3. The highest BCUT2D eigenvalue weighted by molar-refractivity contribution is 5.28. The Kier molecular flexibility index (Phi) is 6.52. The van der Waals surface area contributed by atoms with Crippen LogP contribution in [-0.2, 0) is 0 Å². The summed E-state index contributed by atoms with van der Waals surface area (Å²) in [5.41, 5.74) is 1.32. The number of hydrogen-bond donors (Lipinski definition) is 2. The van der Waals surface area contributed by atoms with Gasteiger partial charge in [-0.3, -0.25) is 4.90 Å².